The van der Waals surface area contributed by atoms with E-state index in [4.69, 9.17) is 4.74 Å². The van der Waals surface area contributed by atoms with Gasteiger partial charge < -0.3 is 15.0 Å². The van der Waals surface area contributed by atoms with E-state index in [0.29, 0.717) is 19.1 Å². The van der Waals surface area contributed by atoms with Gasteiger partial charge in [-0.15, -0.1) is 0 Å². The van der Waals surface area contributed by atoms with E-state index >= 15 is 0 Å². The van der Waals surface area contributed by atoms with Gasteiger partial charge in [-0.1, -0.05) is 32.9 Å². The Morgan fingerprint density at radius 1 is 1.06 bits per heavy atom. The highest BCUT2D eigenvalue weighted by atomic mass is 16.5. The fraction of sp³-hybridized carbons (Fsp3) is 0.680. The van der Waals surface area contributed by atoms with Gasteiger partial charge in [0.05, 0.1) is 12.7 Å². The molecule has 0 saturated carbocycles. The number of amides is 2. The van der Waals surface area contributed by atoms with Crippen LogP contribution in [0.25, 0.3) is 0 Å². The molecule has 170 valence electrons. The highest BCUT2D eigenvalue weighted by Gasteiger charge is 2.38. The quantitative estimate of drug-likeness (QED) is 0.806. The lowest BCUT2D eigenvalue weighted by Gasteiger charge is -2.33. The summed E-state index contributed by atoms with van der Waals surface area (Å²) in [7, 11) is 0. The number of hydrogen-bond acceptors (Lipinski definition) is 4. The maximum Gasteiger partial charge on any atom is 0.253 e. The number of nitrogens with zero attached hydrogens (tertiary/aromatic N) is 2. The molecule has 2 amide bonds. The van der Waals surface area contributed by atoms with Gasteiger partial charge in [-0.05, 0) is 49.3 Å². The molecule has 1 aromatic rings. The molecular formula is C25H37N3O3. The first-order valence-corrected chi connectivity index (χ1v) is 11.8. The average molecular weight is 428 g/mol. The summed E-state index contributed by atoms with van der Waals surface area (Å²) in [6.07, 6.45) is 2.72. The molecule has 4 rings (SSSR count). The van der Waals surface area contributed by atoms with Crippen LogP contribution in [0.3, 0.4) is 0 Å². The third-order valence-electron chi connectivity index (χ3n) is 7.09. The summed E-state index contributed by atoms with van der Waals surface area (Å²) in [6, 6.07) is 8.61. The molecule has 3 atom stereocenters. The maximum absolute atomic E-state index is 12.9. The molecule has 1 aromatic carbocycles. The Morgan fingerprint density at radius 3 is 2.39 bits per heavy atom. The molecule has 6 nitrogen and oxygen atoms in total. The Morgan fingerprint density at radius 2 is 1.74 bits per heavy atom. The van der Waals surface area contributed by atoms with Crippen molar-refractivity contribution in [3.63, 3.8) is 0 Å². The monoisotopic (exact) mass is 427 g/mol. The van der Waals surface area contributed by atoms with E-state index in [2.05, 4.69) is 50.0 Å². The summed E-state index contributed by atoms with van der Waals surface area (Å²) in [5, 5.41) is 3.28. The van der Waals surface area contributed by atoms with Gasteiger partial charge in [0.15, 0.2) is 0 Å². The van der Waals surface area contributed by atoms with Crippen LogP contribution in [-0.2, 0) is 14.9 Å². The molecule has 0 unspecified atom stereocenters. The van der Waals surface area contributed by atoms with Gasteiger partial charge in [-0.25, -0.2) is 0 Å². The summed E-state index contributed by atoms with van der Waals surface area (Å²) in [5.74, 6) is 0.224. The molecule has 0 spiro atoms. The van der Waals surface area contributed by atoms with Crippen LogP contribution in [0, 0.1) is 5.92 Å². The zero-order valence-corrected chi connectivity index (χ0v) is 19.4. The fourth-order valence-electron chi connectivity index (χ4n) is 5.10. The van der Waals surface area contributed by atoms with Gasteiger partial charge >= 0.3 is 0 Å². The number of carbonyl (C=O) groups is 2. The lowest BCUT2D eigenvalue weighted by Crippen LogP contribution is -2.46. The number of nitrogens with one attached hydrogen (secondary N) is 1. The van der Waals surface area contributed by atoms with Crippen LogP contribution in [0.15, 0.2) is 24.3 Å². The number of rotatable bonds is 3. The van der Waals surface area contributed by atoms with Crippen molar-refractivity contribution >= 4 is 11.8 Å². The second-order valence-corrected chi connectivity index (χ2v) is 10.6. The molecule has 0 aromatic heterocycles. The standard InChI is InChI=1S/C25H37N3O3/c1-17-14-28-15-21(13-22(28)16-31-17)26-23(29)18-9-11-27(12-10-18)24(30)19-5-7-20(8-6-19)25(2,3)4/h5-8,17-18,21-22H,9-16H2,1-4H3,(H,26,29)/t17-,21+,22+/m1/s1. The van der Waals surface area contributed by atoms with Crippen molar-refractivity contribution in [3.8, 4) is 0 Å². The van der Waals surface area contributed by atoms with Gasteiger partial charge in [0.2, 0.25) is 5.91 Å². The first-order chi connectivity index (χ1) is 14.7. The molecule has 6 heteroatoms. The van der Waals surface area contributed by atoms with Gasteiger partial charge in [-0.3, -0.25) is 14.5 Å². The minimum atomic E-state index is 0.000109. The van der Waals surface area contributed by atoms with Crippen molar-refractivity contribution in [1.82, 2.24) is 15.1 Å². The van der Waals surface area contributed by atoms with Crippen LogP contribution in [0.5, 0.6) is 0 Å². The van der Waals surface area contributed by atoms with E-state index in [-0.39, 0.29) is 35.3 Å². The zero-order valence-electron chi connectivity index (χ0n) is 19.4. The first-order valence-electron chi connectivity index (χ1n) is 11.8. The van der Waals surface area contributed by atoms with E-state index in [9.17, 15) is 9.59 Å². The third kappa shape index (κ3) is 5.12. The highest BCUT2D eigenvalue weighted by molar-refractivity contribution is 5.94. The van der Waals surface area contributed by atoms with Crippen LogP contribution in [0.2, 0.25) is 0 Å². The van der Waals surface area contributed by atoms with Crippen LogP contribution in [0.4, 0.5) is 0 Å². The van der Waals surface area contributed by atoms with Gasteiger partial charge in [-0.2, -0.15) is 0 Å². The van der Waals surface area contributed by atoms with Crippen molar-refractivity contribution in [2.24, 2.45) is 5.92 Å². The summed E-state index contributed by atoms with van der Waals surface area (Å²) in [5.41, 5.74) is 2.03. The number of hydrogen-bond donors (Lipinski definition) is 1. The number of carbonyl (C=O) groups excluding carboxylic acids is 2. The van der Waals surface area contributed by atoms with Crippen molar-refractivity contribution in [3.05, 3.63) is 35.4 Å². The van der Waals surface area contributed by atoms with Crippen molar-refractivity contribution in [2.75, 3.05) is 32.8 Å². The second-order valence-electron chi connectivity index (χ2n) is 10.6. The Balaban J connectivity index is 1.25. The lowest BCUT2D eigenvalue weighted by atomic mass is 9.86. The van der Waals surface area contributed by atoms with Crippen molar-refractivity contribution in [1.29, 1.82) is 0 Å². The summed E-state index contributed by atoms with van der Waals surface area (Å²) >= 11 is 0. The number of morpholine rings is 1. The Hall–Kier alpha value is -1.92. The van der Waals surface area contributed by atoms with E-state index in [1.807, 2.05) is 17.0 Å². The summed E-state index contributed by atoms with van der Waals surface area (Å²) in [6.45, 7) is 12.5. The Kier molecular flexibility index (Phi) is 6.40. The lowest BCUT2D eigenvalue weighted by molar-refractivity contribution is -0.126. The number of fused-ring (bicyclic) bond motifs is 1. The largest absolute Gasteiger partial charge is 0.376 e. The molecule has 0 aliphatic carbocycles. The van der Waals surface area contributed by atoms with Gasteiger partial charge in [0.1, 0.15) is 0 Å². The van der Waals surface area contributed by atoms with Crippen LogP contribution >= 0.6 is 0 Å². The minimum Gasteiger partial charge on any atom is -0.376 e. The molecule has 3 aliphatic heterocycles. The topological polar surface area (TPSA) is 61.9 Å². The number of piperidine rings is 1. The number of ether oxygens (including phenoxy) is 1. The predicted molar refractivity (Wildman–Crippen MR) is 121 cm³/mol. The number of likely N-dealkylation sites (tertiary alicyclic amines) is 1. The molecule has 3 heterocycles. The zero-order chi connectivity index (χ0) is 22.2. The summed E-state index contributed by atoms with van der Waals surface area (Å²) in [4.78, 5) is 30.1. The molecule has 3 aliphatic rings. The fourth-order valence-corrected chi connectivity index (χ4v) is 5.10. The normalized spacial score (nSPS) is 27.7. The predicted octanol–water partition coefficient (Wildman–Crippen LogP) is 2.81. The highest BCUT2D eigenvalue weighted by Crippen LogP contribution is 2.26. The second kappa shape index (κ2) is 8.91. The van der Waals surface area contributed by atoms with Gasteiger partial charge in [0.25, 0.3) is 5.91 Å². The van der Waals surface area contributed by atoms with Crippen molar-refractivity contribution in [2.45, 2.75) is 70.6 Å². The molecule has 31 heavy (non-hydrogen) atoms. The third-order valence-corrected chi connectivity index (χ3v) is 7.09. The smallest absolute Gasteiger partial charge is 0.253 e. The number of benzene rings is 1. The van der Waals surface area contributed by atoms with E-state index in [1.54, 1.807) is 0 Å². The van der Waals surface area contributed by atoms with E-state index < -0.39 is 0 Å². The molecular weight excluding hydrogens is 390 g/mol. The first kappa shape index (κ1) is 22.3. The molecule has 3 saturated heterocycles. The minimum absolute atomic E-state index is 0.000109. The van der Waals surface area contributed by atoms with E-state index in [0.717, 1.165) is 44.5 Å². The summed E-state index contributed by atoms with van der Waals surface area (Å²) < 4.78 is 5.76. The van der Waals surface area contributed by atoms with Crippen LogP contribution < -0.4 is 5.32 Å². The van der Waals surface area contributed by atoms with Gasteiger partial charge in [0, 0.05) is 49.7 Å². The average Bonchev–Trinajstić information content (AvgIpc) is 3.14. The van der Waals surface area contributed by atoms with Crippen LogP contribution in [0.1, 0.15) is 62.9 Å². The Bertz CT molecular complexity index is 793. The molecule has 1 N–H and O–H groups in total. The maximum atomic E-state index is 12.9. The Labute approximate surface area is 186 Å². The van der Waals surface area contributed by atoms with Crippen LogP contribution in [-0.4, -0.2) is 72.6 Å². The molecule has 3 fully saturated rings. The van der Waals surface area contributed by atoms with E-state index in [1.165, 1.54) is 5.56 Å². The molecule has 0 bridgehead atoms. The van der Waals surface area contributed by atoms with Crippen molar-refractivity contribution < 1.29 is 14.3 Å². The SMILES string of the molecule is C[C@@H]1CN2C[C@@H](NC(=O)C3CCN(C(=O)c4ccc(C(C)(C)C)cc4)CC3)C[C@H]2CO1. The molecule has 0 radical (unpaired) electrons.